The predicted octanol–water partition coefficient (Wildman–Crippen LogP) is 2.69. The average molecular weight is 285 g/mol. The Labute approximate surface area is 117 Å². The molecule has 1 aromatic carbocycles. The quantitative estimate of drug-likeness (QED) is 0.922. The van der Waals surface area contributed by atoms with Crippen LogP contribution in [0.2, 0.25) is 5.02 Å². The van der Waals surface area contributed by atoms with E-state index in [1.807, 2.05) is 0 Å². The monoisotopic (exact) mass is 284 g/mol. The smallest absolute Gasteiger partial charge is 0.255 e. The van der Waals surface area contributed by atoms with Crippen LogP contribution < -0.4 is 5.32 Å². The number of halogens is 2. The van der Waals surface area contributed by atoms with Gasteiger partial charge in [0, 0.05) is 12.6 Å². The Morgan fingerprint density at radius 2 is 2.16 bits per heavy atom. The SMILES string of the molecule is CC(CNC(=O)c1c(F)cccc1Cl)N1CCCC1. The molecule has 5 heteroatoms. The molecule has 0 saturated carbocycles. The molecule has 0 bridgehead atoms. The van der Waals surface area contributed by atoms with E-state index in [-0.39, 0.29) is 16.6 Å². The second kappa shape index (κ2) is 6.35. The van der Waals surface area contributed by atoms with Gasteiger partial charge in [-0.05, 0) is 45.0 Å². The Balaban J connectivity index is 1.94. The summed E-state index contributed by atoms with van der Waals surface area (Å²) in [5.74, 6) is -1.03. The molecule has 1 aliphatic rings. The third-order valence-electron chi connectivity index (χ3n) is 3.51. The first-order valence-electron chi connectivity index (χ1n) is 6.56. The van der Waals surface area contributed by atoms with E-state index in [1.54, 1.807) is 0 Å². The van der Waals surface area contributed by atoms with E-state index in [0.29, 0.717) is 6.54 Å². The lowest BCUT2D eigenvalue weighted by Crippen LogP contribution is -2.40. The van der Waals surface area contributed by atoms with Crippen LogP contribution in [0.25, 0.3) is 0 Å². The van der Waals surface area contributed by atoms with Crippen molar-refractivity contribution in [1.29, 1.82) is 0 Å². The van der Waals surface area contributed by atoms with Gasteiger partial charge in [-0.3, -0.25) is 9.69 Å². The van der Waals surface area contributed by atoms with E-state index in [0.717, 1.165) is 13.1 Å². The highest BCUT2D eigenvalue weighted by Crippen LogP contribution is 2.18. The van der Waals surface area contributed by atoms with Crippen LogP contribution in [-0.4, -0.2) is 36.5 Å². The first-order valence-corrected chi connectivity index (χ1v) is 6.93. The molecule has 3 nitrogen and oxygen atoms in total. The minimum atomic E-state index is -0.584. The Morgan fingerprint density at radius 3 is 2.79 bits per heavy atom. The fourth-order valence-corrected chi connectivity index (χ4v) is 2.60. The summed E-state index contributed by atoms with van der Waals surface area (Å²) in [5, 5.41) is 2.90. The minimum absolute atomic E-state index is 0.0715. The second-order valence-electron chi connectivity index (χ2n) is 4.90. The highest BCUT2D eigenvalue weighted by molar-refractivity contribution is 6.33. The van der Waals surface area contributed by atoms with Crippen molar-refractivity contribution in [2.45, 2.75) is 25.8 Å². The van der Waals surface area contributed by atoms with Crippen molar-refractivity contribution in [3.8, 4) is 0 Å². The van der Waals surface area contributed by atoms with E-state index in [4.69, 9.17) is 11.6 Å². The third kappa shape index (κ3) is 3.45. The largest absolute Gasteiger partial charge is 0.350 e. The normalized spacial score (nSPS) is 17.4. The summed E-state index contributed by atoms with van der Waals surface area (Å²) in [6.45, 7) is 4.70. The summed E-state index contributed by atoms with van der Waals surface area (Å²) in [5.41, 5.74) is -0.0715. The van der Waals surface area contributed by atoms with Crippen LogP contribution in [0.15, 0.2) is 18.2 Å². The maximum absolute atomic E-state index is 13.6. The van der Waals surface area contributed by atoms with Crippen molar-refractivity contribution in [3.05, 3.63) is 34.6 Å². The van der Waals surface area contributed by atoms with E-state index < -0.39 is 11.7 Å². The van der Waals surface area contributed by atoms with Crippen molar-refractivity contribution < 1.29 is 9.18 Å². The molecule has 1 amide bonds. The molecule has 1 heterocycles. The molecule has 0 aliphatic carbocycles. The zero-order valence-corrected chi connectivity index (χ0v) is 11.7. The molecule has 1 saturated heterocycles. The molecule has 1 aromatic rings. The molecular weight excluding hydrogens is 267 g/mol. The second-order valence-corrected chi connectivity index (χ2v) is 5.31. The fraction of sp³-hybridized carbons (Fsp3) is 0.500. The predicted molar refractivity (Wildman–Crippen MR) is 74.0 cm³/mol. The van der Waals surface area contributed by atoms with E-state index >= 15 is 0 Å². The average Bonchev–Trinajstić information content (AvgIpc) is 2.89. The van der Waals surface area contributed by atoms with Crippen molar-refractivity contribution in [1.82, 2.24) is 10.2 Å². The number of nitrogens with one attached hydrogen (secondary N) is 1. The molecule has 1 fully saturated rings. The molecule has 0 radical (unpaired) electrons. The molecule has 19 heavy (non-hydrogen) atoms. The summed E-state index contributed by atoms with van der Waals surface area (Å²) < 4.78 is 13.6. The van der Waals surface area contributed by atoms with E-state index in [2.05, 4.69) is 17.1 Å². The number of carbonyl (C=O) groups is 1. The summed E-state index contributed by atoms with van der Waals surface area (Å²) >= 11 is 5.86. The highest BCUT2D eigenvalue weighted by Gasteiger charge is 2.20. The zero-order valence-electron chi connectivity index (χ0n) is 11.0. The van der Waals surface area contributed by atoms with Gasteiger partial charge in [0.1, 0.15) is 5.82 Å². The maximum atomic E-state index is 13.6. The number of carbonyl (C=O) groups excluding carboxylic acids is 1. The zero-order chi connectivity index (χ0) is 13.8. The molecule has 104 valence electrons. The maximum Gasteiger partial charge on any atom is 0.255 e. The van der Waals surface area contributed by atoms with Crippen LogP contribution in [0.5, 0.6) is 0 Å². The Kier molecular flexibility index (Phi) is 4.77. The van der Waals surface area contributed by atoms with Gasteiger partial charge in [-0.2, -0.15) is 0 Å². The lowest BCUT2D eigenvalue weighted by atomic mass is 10.2. The summed E-state index contributed by atoms with van der Waals surface area (Å²) in [6.07, 6.45) is 2.41. The first kappa shape index (κ1) is 14.3. The van der Waals surface area contributed by atoms with Gasteiger partial charge >= 0.3 is 0 Å². The molecule has 2 rings (SSSR count). The van der Waals surface area contributed by atoms with Gasteiger partial charge in [-0.25, -0.2) is 4.39 Å². The highest BCUT2D eigenvalue weighted by atomic mass is 35.5. The lowest BCUT2D eigenvalue weighted by Gasteiger charge is -2.23. The summed E-state index contributed by atoms with van der Waals surface area (Å²) in [4.78, 5) is 14.3. The molecule has 1 unspecified atom stereocenters. The van der Waals surface area contributed by atoms with Crippen molar-refractivity contribution in [3.63, 3.8) is 0 Å². The van der Waals surface area contributed by atoms with E-state index in [9.17, 15) is 9.18 Å². The Morgan fingerprint density at radius 1 is 1.47 bits per heavy atom. The van der Waals surface area contributed by atoms with Crippen LogP contribution in [-0.2, 0) is 0 Å². The molecule has 0 aromatic heterocycles. The standard InChI is InChI=1S/C14H18ClFN2O/c1-10(18-7-2-3-8-18)9-17-14(19)13-11(15)5-4-6-12(13)16/h4-6,10H,2-3,7-9H2,1H3,(H,17,19). The van der Waals surface area contributed by atoms with Gasteiger partial charge in [0.2, 0.25) is 0 Å². The number of likely N-dealkylation sites (tertiary alicyclic amines) is 1. The third-order valence-corrected chi connectivity index (χ3v) is 3.83. The van der Waals surface area contributed by atoms with Crippen LogP contribution >= 0.6 is 11.6 Å². The first-order chi connectivity index (χ1) is 9.09. The topological polar surface area (TPSA) is 32.3 Å². The van der Waals surface area contributed by atoms with Crippen molar-refractivity contribution >= 4 is 17.5 Å². The number of benzene rings is 1. The van der Waals surface area contributed by atoms with Crippen molar-refractivity contribution in [2.75, 3.05) is 19.6 Å². The molecule has 0 spiro atoms. The Bertz CT molecular complexity index is 441. The minimum Gasteiger partial charge on any atom is -0.350 e. The number of rotatable bonds is 4. The van der Waals surface area contributed by atoms with Gasteiger partial charge in [-0.1, -0.05) is 17.7 Å². The van der Waals surface area contributed by atoms with Crippen LogP contribution in [0.1, 0.15) is 30.1 Å². The molecule has 1 atom stereocenters. The van der Waals surface area contributed by atoms with Gasteiger partial charge in [0.25, 0.3) is 5.91 Å². The van der Waals surface area contributed by atoms with Gasteiger partial charge in [-0.15, -0.1) is 0 Å². The van der Waals surface area contributed by atoms with Gasteiger partial charge < -0.3 is 5.32 Å². The summed E-state index contributed by atoms with van der Waals surface area (Å²) in [7, 11) is 0. The number of hydrogen-bond donors (Lipinski definition) is 1. The molecule has 1 aliphatic heterocycles. The molecular formula is C14H18ClFN2O. The van der Waals surface area contributed by atoms with Gasteiger partial charge in [0.05, 0.1) is 10.6 Å². The van der Waals surface area contributed by atoms with E-state index in [1.165, 1.54) is 31.0 Å². The number of hydrogen-bond acceptors (Lipinski definition) is 2. The lowest BCUT2D eigenvalue weighted by molar-refractivity contribution is 0.0936. The number of amides is 1. The summed E-state index contributed by atoms with van der Waals surface area (Å²) in [6, 6.07) is 4.51. The van der Waals surface area contributed by atoms with Crippen LogP contribution in [0.4, 0.5) is 4.39 Å². The number of nitrogens with zero attached hydrogens (tertiary/aromatic N) is 1. The van der Waals surface area contributed by atoms with Crippen molar-refractivity contribution in [2.24, 2.45) is 0 Å². The Hall–Kier alpha value is -1.13. The van der Waals surface area contributed by atoms with Gasteiger partial charge in [0.15, 0.2) is 0 Å². The fourth-order valence-electron chi connectivity index (χ4n) is 2.35. The van der Waals surface area contributed by atoms with Crippen LogP contribution in [0.3, 0.4) is 0 Å². The van der Waals surface area contributed by atoms with Crippen LogP contribution in [0, 0.1) is 5.82 Å². The molecule has 1 N–H and O–H groups in total.